The third-order valence-electron chi connectivity index (χ3n) is 1.90. The molecular formula is C9H12ClNS. The number of hydrogen-bond donors (Lipinski definition) is 1. The second-order valence-electron chi connectivity index (χ2n) is 2.71. The zero-order valence-corrected chi connectivity index (χ0v) is 8.70. The third kappa shape index (κ3) is 2.39. The molecule has 0 saturated heterocycles. The molecule has 0 amide bonds. The molecular weight excluding hydrogens is 190 g/mol. The minimum atomic E-state index is 0.808. The van der Waals surface area contributed by atoms with Gasteiger partial charge >= 0.3 is 0 Å². The van der Waals surface area contributed by atoms with E-state index < -0.39 is 0 Å². The summed E-state index contributed by atoms with van der Waals surface area (Å²) in [6.07, 6.45) is 7.00. The lowest BCUT2D eigenvalue weighted by Gasteiger charge is -1.98. The third-order valence-corrected chi connectivity index (χ3v) is 2.51. The highest BCUT2D eigenvalue weighted by atomic mass is 35.5. The maximum absolute atomic E-state index is 6.04. The van der Waals surface area contributed by atoms with E-state index in [1.54, 1.807) is 0 Å². The van der Waals surface area contributed by atoms with Gasteiger partial charge in [-0.3, -0.25) is 0 Å². The van der Waals surface area contributed by atoms with E-state index >= 15 is 0 Å². The van der Waals surface area contributed by atoms with Crippen molar-refractivity contribution in [2.45, 2.75) is 26.2 Å². The van der Waals surface area contributed by atoms with Gasteiger partial charge in [-0.25, -0.2) is 4.40 Å². The van der Waals surface area contributed by atoms with Crippen LogP contribution in [0.3, 0.4) is 0 Å². The van der Waals surface area contributed by atoms with Crippen LogP contribution >= 0.6 is 24.4 Å². The monoisotopic (exact) mass is 201 g/mol. The predicted octanol–water partition coefficient (Wildman–Crippen LogP) is 3.53. The van der Waals surface area contributed by atoms with E-state index in [4.69, 9.17) is 11.6 Å². The topological polar surface area (TPSA) is 12.4 Å². The molecule has 0 radical (unpaired) electrons. The Bertz CT molecular complexity index is 253. The van der Waals surface area contributed by atoms with Gasteiger partial charge in [-0.2, -0.15) is 0 Å². The quantitative estimate of drug-likeness (QED) is 0.624. The van der Waals surface area contributed by atoms with Gasteiger partial charge in [0, 0.05) is 5.03 Å². The van der Waals surface area contributed by atoms with Crippen LogP contribution < -0.4 is 0 Å². The van der Waals surface area contributed by atoms with Gasteiger partial charge in [-0.15, -0.1) is 0 Å². The molecule has 3 heteroatoms. The SMILES string of the molecule is CCC1=CCCC(=NS)C=C1Cl. The van der Waals surface area contributed by atoms with Crippen molar-refractivity contribution in [1.29, 1.82) is 0 Å². The molecule has 0 heterocycles. The summed E-state index contributed by atoms with van der Waals surface area (Å²) in [5.41, 5.74) is 2.17. The molecule has 0 fully saturated rings. The minimum absolute atomic E-state index is 0.808. The van der Waals surface area contributed by atoms with Crippen LogP contribution in [0.15, 0.2) is 27.2 Å². The largest absolute Gasteiger partial charge is 0.224 e. The number of hydrogen-bond acceptors (Lipinski definition) is 2. The number of nitrogens with zero attached hydrogens (tertiary/aromatic N) is 1. The van der Waals surface area contributed by atoms with E-state index in [0.717, 1.165) is 30.0 Å². The molecule has 0 aromatic heterocycles. The fourth-order valence-electron chi connectivity index (χ4n) is 1.20. The Balaban J connectivity index is 2.88. The van der Waals surface area contributed by atoms with Gasteiger partial charge in [0.15, 0.2) is 0 Å². The average Bonchev–Trinajstić information content (AvgIpc) is 2.26. The van der Waals surface area contributed by atoms with Crippen molar-refractivity contribution in [3.63, 3.8) is 0 Å². The first-order valence-corrected chi connectivity index (χ1v) is 4.83. The molecule has 1 nitrogen and oxygen atoms in total. The molecule has 0 aliphatic heterocycles. The van der Waals surface area contributed by atoms with E-state index in [9.17, 15) is 0 Å². The van der Waals surface area contributed by atoms with Crippen molar-refractivity contribution in [2.24, 2.45) is 4.40 Å². The highest BCUT2D eigenvalue weighted by Gasteiger charge is 2.06. The Morgan fingerprint density at radius 3 is 3.00 bits per heavy atom. The van der Waals surface area contributed by atoms with Gasteiger partial charge in [-0.1, -0.05) is 24.6 Å². The van der Waals surface area contributed by atoms with Crippen molar-refractivity contribution < 1.29 is 0 Å². The van der Waals surface area contributed by atoms with Crippen LogP contribution in [-0.4, -0.2) is 5.71 Å². The highest BCUT2D eigenvalue weighted by Crippen LogP contribution is 2.22. The molecule has 0 unspecified atom stereocenters. The number of thiol groups is 1. The van der Waals surface area contributed by atoms with E-state index in [0.29, 0.717) is 0 Å². The Morgan fingerprint density at radius 2 is 2.42 bits per heavy atom. The Hall–Kier alpha value is -0.210. The summed E-state index contributed by atoms with van der Waals surface area (Å²) in [5, 5.41) is 0.808. The maximum atomic E-state index is 6.04. The molecule has 66 valence electrons. The maximum Gasteiger partial charge on any atom is 0.0501 e. The highest BCUT2D eigenvalue weighted by molar-refractivity contribution is 7.79. The first-order chi connectivity index (χ1) is 5.77. The van der Waals surface area contributed by atoms with E-state index in [2.05, 4.69) is 30.2 Å². The summed E-state index contributed by atoms with van der Waals surface area (Å²) in [7, 11) is 0. The molecule has 1 aliphatic rings. The normalized spacial score (nSPS) is 21.8. The molecule has 0 saturated carbocycles. The van der Waals surface area contributed by atoms with Crippen LogP contribution in [0.5, 0.6) is 0 Å². The molecule has 0 atom stereocenters. The van der Waals surface area contributed by atoms with Crippen LogP contribution in [-0.2, 0) is 0 Å². The summed E-state index contributed by atoms with van der Waals surface area (Å²) in [5.74, 6) is 0. The van der Waals surface area contributed by atoms with Crippen molar-refractivity contribution in [3.05, 3.63) is 22.8 Å². The zero-order chi connectivity index (χ0) is 8.97. The summed E-state index contributed by atoms with van der Waals surface area (Å²) in [6, 6.07) is 0. The van der Waals surface area contributed by atoms with Crippen LogP contribution in [0.2, 0.25) is 0 Å². The van der Waals surface area contributed by atoms with E-state index in [1.807, 2.05) is 6.08 Å². The fraction of sp³-hybridized carbons (Fsp3) is 0.444. The van der Waals surface area contributed by atoms with Gasteiger partial charge in [0.2, 0.25) is 0 Å². The Kier molecular flexibility index (Phi) is 3.89. The molecule has 0 aromatic carbocycles. The standard InChI is InChI=1S/C9H12ClNS/c1-2-7-4-3-5-8(11-12)6-9(7)10/h4,6,12H,2-3,5H2,1H3. The Morgan fingerprint density at radius 1 is 1.67 bits per heavy atom. The molecule has 0 N–H and O–H groups in total. The lowest BCUT2D eigenvalue weighted by molar-refractivity contribution is 1.06. The lowest BCUT2D eigenvalue weighted by atomic mass is 10.2. The van der Waals surface area contributed by atoms with Crippen molar-refractivity contribution in [2.75, 3.05) is 0 Å². The average molecular weight is 202 g/mol. The van der Waals surface area contributed by atoms with Crippen LogP contribution in [0.25, 0.3) is 0 Å². The first-order valence-electron chi connectivity index (χ1n) is 4.05. The van der Waals surface area contributed by atoms with Gasteiger partial charge in [0.1, 0.15) is 0 Å². The van der Waals surface area contributed by atoms with Crippen molar-refractivity contribution >= 4 is 30.1 Å². The second-order valence-corrected chi connectivity index (χ2v) is 3.31. The molecule has 1 rings (SSSR count). The lowest BCUT2D eigenvalue weighted by Crippen LogP contribution is -1.89. The van der Waals surface area contributed by atoms with Gasteiger partial charge in [0.05, 0.1) is 5.71 Å². The summed E-state index contributed by atoms with van der Waals surface area (Å²) >= 11 is 9.91. The molecule has 12 heavy (non-hydrogen) atoms. The van der Waals surface area contributed by atoms with Gasteiger partial charge in [0.25, 0.3) is 0 Å². The summed E-state index contributed by atoms with van der Waals surface area (Å²) < 4.78 is 3.84. The number of rotatable bonds is 1. The summed E-state index contributed by atoms with van der Waals surface area (Å²) in [4.78, 5) is 0. The zero-order valence-electron chi connectivity index (χ0n) is 7.05. The molecule has 0 bridgehead atoms. The Labute approximate surface area is 83.8 Å². The number of allylic oxidation sites excluding steroid dienone is 4. The summed E-state index contributed by atoms with van der Waals surface area (Å²) in [6.45, 7) is 2.10. The van der Waals surface area contributed by atoms with Gasteiger partial charge in [-0.05, 0) is 43.7 Å². The second kappa shape index (κ2) is 4.73. The van der Waals surface area contributed by atoms with Crippen molar-refractivity contribution in [1.82, 2.24) is 0 Å². The van der Waals surface area contributed by atoms with Crippen LogP contribution in [0, 0.1) is 0 Å². The smallest absolute Gasteiger partial charge is 0.0501 e. The molecule has 1 aliphatic carbocycles. The van der Waals surface area contributed by atoms with Crippen LogP contribution in [0.4, 0.5) is 0 Å². The van der Waals surface area contributed by atoms with Gasteiger partial charge < -0.3 is 0 Å². The van der Waals surface area contributed by atoms with E-state index in [-0.39, 0.29) is 0 Å². The predicted molar refractivity (Wildman–Crippen MR) is 58.0 cm³/mol. The molecule has 0 aromatic rings. The minimum Gasteiger partial charge on any atom is -0.224 e. The first kappa shape index (κ1) is 9.87. The van der Waals surface area contributed by atoms with Crippen LogP contribution in [0.1, 0.15) is 26.2 Å². The van der Waals surface area contributed by atoms with E-state index in [1.165, 1.54) is 5.57 Å². The molecule has 0 spiro atoms. The van der Waals surface area contributed by atoms with Crippen molar-refractivity contribution in [3.8, 4) is 0 Å². The fourth-order valence-corrected chi connectivity index (χ4v) is 1.69. The number of halogens is 1.